The molecule has 0 saturated heterocycles. The van der Waals surface area contributed by atoms with Crippen molar-refractivity contribution < 1.29 is 0 Å². The lowest BCUT2D eigenvalue weighted by Gasteiger charge is -2.17. The van der Waals surface area contributed by atoms with E-state index in [0.717, 1.165) is 35.7 Å². The van der Waals surface area contributed by atoms with Crippen LogP contribution in [0.3, 0.4) is 0 Å². The Bertz CT molecular complexity index is 577. The van der Waals surface area contributed by atoms with E-state index in [2.05, 4.69) is 44.7 Å². The van der Waals surface area contributed by atoms with Crippen LogP contribution in [0.5, 0.6) is 0 Å². The van der Waals surface area contributed by atoms with Crippen LogP contribution >= 0.6 is 11.3 Å². The van der Waals surface area contributed by atoms with Crippen molar-refractivity contribution in [2.75, 3.05) is 11.9 Å². The maximum absolute atomic E-state index is 4.50. The molecule has 0 atom stereocenters. The predicted octanol–water partition coefficient (Wildman–Crippen LogP) is 2.73. The highest BCUT2D eigenvalue weighted by molar-refractivity contribution is 7.09. The third-order valence-electron chi connectivity index (χ3n) is 3.44. The fraction of sp³-hybridized carbons (Fsp3) is 0.467. The Morgan fingerprint density at radius 1 is 1.45 bits per heavy atom. The molecule has 0 amide bonds. The van der Waals surface area contributed by atoms with E-state index in [4.69, 9.17) is 0 Å². The van der Waals surface area contributed by atoms with Gasteiger partial charge in [0.15, 0.2) is 0 Å². The lowest BCUT2D eigenvalue weighted by Crippen LogP contribution is -2.19. The van der Waals surface area contributed by atoms with E-state index >= 15 is 0 Å². The number of nitrogens with zero attached hydrogens (tertiary/aromatic N) is 3. The maximum Gasteiger partial charge on any atom is 0.128 e. The number of rotatable bonds is 6. The van der Waals surface area contributed by atoms with Gasteiger partial charge in [-0.3, -0.25) is 0 Å². The average Bonchev–Trinajstić information content (AvgIpc) is 3.19. The molecule has 1 aliphatic carbocycles. The molecule has 0 aromatic carbocycles. The van der Waals surface area contributed by atoms with Crippen LogP contribution in [-0.2, 0) is 13.1 Å². The van der Waals surface area contributed by atoms with Crippen molar-refractivity contribution in [1.29, 1.82) is 0 Å². The SMILES string of the molecule is Cc1nc(CN(C)c2cc(CNC3CC3)ccn2)cs1. The summed E-state index contributed by atoms with van der Waals surface area (Å²) in [7, 11) is 2.06. The van der Waals surface area contributed by atoms with Gasteiger partial charge in [0.25, 0.3) is 0 Å². The fourth-order valence-corrected chi connectivity index (χ4v) is 2.74. The lowest BCUT2D eigenvalue weighted by molar-refractivity contribution is 0.686. The van der Waals surface area contributed by atoms with E-state index in [-0.39, 0.29) is 0 Å². The number of hydrogen-bond acceptors (Lipinski definition) is 5. The first-order valence-corrected chi connectivity index (χ1v) is 7.89. The van der Waals surface area contributed by atoms with Crippen molar-refractivity contribution in [1.82, 2.24) is 15.3 Å². The van der Waals surface area contributed by atoms with Crippen molar-refractivity contribution in [3.8, 4) is 0 Å². The van der Waals surface area contributed by atoms with Crippen LogP contribution in [0.1, 0.15) is 29.1 Å². The highest BCUT2D eigenvalue weighted by atomic mass is 32.1. The summed E-state index contributed by atoms with van der Waals surface area (Å²) in [6.07, 6.45) is 4.53. The number of pyridine rings is 1. The number of aromatic nitrogens is 2. The molecule has 2 heterocycles. The zero-order valence-electron chi connectivity index (χ0n) is 12.0. The normalized spacial score (nSPS) is 14.5. The molecule has 3 rings (SSSR count). The first-order valence-electron chi connectivity index (χ1n) is 7.01. The average molecular weight is 288 g/mol. The van der Waals surface area contributed by atoms with Crippen LogP contribution in [0, 0.1) is 6.92 Å². The van der Waals surface area contributed by atoms with E-state index < -0.39 is 0 Å². The van der Waals surface area contributed by atoms with Crippen LogP contribution in [0.15, 0.2) is 23.7 Å². The zero-order valence-corrected chi connectivity index (χ0v) is 12.8. The number of aryl methyl sites for hydroxylation is 1. The molecular formula is C15H20N4S. The molecule has 2 aromatic heterocycles. The van der Waals surface area contributed by atoms with Crippen LogP contribution in [0.2, 0.25) is 0 Å². The molecule has 1 aliphatic rings. The summed E-state index contributed by atoms with van der Waals surface area (Å²) in [5.74, 6) is 1.01. The van der Waals surface area contributed by atoms with Gasteiger partial charge in [0.05, 0.1) is 17.2 Å². The summed E-state index contributed by atoms with van der Waals surface area (Å²) in [6, 6.07) is 4.98. The Kier molecular flexibility index (Phi) is 3.98. The molecule has 20 heavy (non-hydrogen) atoms. The monoisotopic (exact) mass is 288 g/mol. The highest BCUT2D eigenvalue weighted by Crippen LogP contribution is 2.20. The van der Waals surface area contributed by atoms with Gasteiger partial charge in [-0.1, -0.05) is 0 Å². The van der Waals surface area contributed by atoms with Gasteiger partial charge in [-0.25, -0.2) is 9.97 Å². The molecule has 0 unspecified atom stereocenters. The summed E-state index contributed by atoms with van der Waals surface area (Å²) >= 11 is 1.69. The molecule has 1 fully saturated rings. The summed E-state index contributed by atoms with van der Waals surface area (Å²) in [5, 5.41) is 6.77. The minimum Gasteiger partial charge on any atom is -0.354 e. The maximum atomic E-state index is 4.50. The van der Waals surface area contributed by atoms with Crippen LogP contribution < -0.4 is 10.2 Å². The zero-order chi connectivity index (χ0) is 13.9. The minimum absolute atomic E-state index is 0.738. The molecule has 4 nitrogen and oxygen atoms in total. The highest BCUT2D eigenvalue weighted by Gasteiger charge is 2.20. The second-order valence-corrected chi connectivity index (χ2v) is 6.45. The second-order valence-electron chi connectivity index (χ2n) is 5.39. The van der Waals surface area contributed by atoms with Crippen LogP contribution in [0.25, 0.3) is 0 Å². The van der Waals surface area contributed by atoms with Gasteiger partial charge in [0.2, 0.25) is 0 Å². The van der Waals surface area contributed by atoms with Gasteiger partial charge < -0.3 is 10.2 Å². The van der Waals surface area contributed by atoms with Crippen LogP contribution in [0.4, 0.5) is 5.82 Å². The quantitative estimate of drug-likeness (QED) is 0.887. The molecule has 0 aliphatic heterocycles. The van der Waals surface area contributed by atoms with E-state index in [9.17, 15) is 0 Å². The van der Waals surface area contributed by atoms with E-state index in [1.807, 2.05) is 13.1 Å². The first kappa shape index (κ1) is 13.5. The topological polar surface area (TPSA) is 41.1 Å². The van der Waals surface area contributed by atoms with E-state index in [1.165, 1.54) is 18.4 Å². The first-order chi connectivity index (χ1) is 9.70. The Morgan fingerprint density at radius 2 is 2.30 bits per heavy atom. The van der Waals surface area contributed by atoms with Crippen molar-refractivity contribution >= 4 is 17.2 Å². The molecule has 106 valence electrons. The van der Waals surface area contributed by atoms with Gasteiger partial charge >= 0.3 is 0 Å². The summed E-state index contributed by atoms with van der Waals surface area (Å²) in [4.78, 5) is 11.1. The van der Waals surface area contributed by atoms with Crippen LogP contribution in [-0.4, -0.2) is 23.1 Å². The molecule has 0 radical (unpaired) electrons. The summed E-state index contributed by atoms with van der Waals surface area (Å²) in [6.45, 7) is 3.78. The number of nitrogens with one attached hydrogen (secondary N) is 1. The lowest BCUT2D eigenvalue weighted by atomic mass is 10.2. The Balaban J connectivity index is 1.63. The summed E-state index contributed by atoms with van der Waals surface area (Å²) in [5.41, 5.74) is 2.40. The molecule has 5 heteroatoms. The van der Waals surface area contributed by atoms with Gasteiger partial charge in [0.1, 0.15) is 5.82 Å². The molecule has 0 bridgehead atoms. The Hall–Kier alpha value is -1.46. The minimum atomic E-state index is 0.738. The van der Waals surface area contributed by atoms with Crippen molar-refractivity contribution in [2.45, 2.75) is 38.9 Å². The number of thiazole rings is 1. The molecule has 0 spiro atoms. The number of anilines is 1. The van der Waals surface area contributed by atoms with E-state index in [0.29, 0.717) is 0 Å². The Morgan fingerprint density at radius 3 is 3.00 bits per heavy atom. The molecule has 2 aromatic rings. The molecular weight excluding hydrogens is 268 g/mol. The third-order valence-corrected chi connectivity index (χ3v) is 4.26. The summed E-state index contributed by atoms with van der Waals surface area (Å²) < 4.78 is 0. The van der Waals surface area contributed by atoms with Crippen molar-refractivity contribution in [2.24, 2.45) is 0 Å². The molecule has 1 saturated carbocycles. The van der Waals surface area contributed by atoms with Gasteiger partial charge in [-0.2, -0.15) is 0 Å². The van der Waals surface area contributed by atoms with Gasteiger partial charge in [0, 0.05) is 31.2 Å². The third kappa shape index (κ3) is 3.55. The standard InChI is InChI=1S/C15H20N4S/c1-11-18-14(10-20-11)9-19(2)15-7-12(5-6-16-15)8-17-13-3-4-13/h5-7,10,13,17H,3-4,8-9H2,1-2H3. The predicted molar refractivity (Wildman–Crippen MR) is 83.1 cm³/mol. The fourth-order valence-electron chi connectivity index (χ4n) is 2.13. The van der Waals surface area contributed by atoms with Gasteiger partial charge in [-0.05, 0) is 37.5 Å². The molecule has 1 N–H and O–H groups in total. The van der Waals surface area contributed by atoms with Crippen molar-refractivity contribution in [3.63, 3.8) is 0 Å². The van der Waals surface area contributed by atoms with Gasteiger partial charge in [-0.15, -0.1) is 11.3 Å². The van der Waals surface area contributed by atoms with E-state index in [1.54, 1.807) is 11.3 Å². The smallest absolute Gasteiger partial charge is 0.128 e. The second kappa shape index (κ2) is 5.89. The largest absolute Gasteiger partial charge is 0.354 e. The Labute approximate surface area is 123 Å². The number of hydrogen-bond donors (Lipinski definition) is 1. The van der Waals surface area contributed by atoms with Crippen molar-refractivity contribution in [3.05, 3.63) is 40.0 Å².